The fourth-order valence-electron chi connectivity index (χ4n) is 5.59. The van der Waals surface area contributed by atoms with Crippen molar-refractivity contribution in [3.05, 3.63) is 59.2 Å². The molecule has 2 amide bonds. The average Bonchev–Trinajstić information content (AvgIpc) is 3.03. The van der Waals surface area contributed by atoms with Gasteiger partial charge in [-0.2, -0.15) is 4.31 Å². The molecule has 0 aliphatic carbocycles. The van der Waals surface area contributed by atoms with Crippen LogP contribution in [-0.2, 0) is 38.0 Å². The lowest BCUT2D eigenvalue weighted by Crippen LogP contribution is -2.45. The zero-order valence-electron chi connectivity index (χ0n) is 20.7. The number of carbonyl (C=O) groups excluding carboxylic acids is 2. The Kier molecular flexibility index (Phi) is 6.00. The van der Waals surface area contributed by atoms with Gasteiger partial charge in [-0.1, -0.05) is 31.2 Å². The lowest BCUT2D eigenvalue weighted by molar-refractivity contribution is -0.132. The minimum Gasteiger partial charge on any atom is -0.336 e. The molecule has 35 heavy (non-hydrogen) atoms. The summed E-state index contributed by atoms with van der Waals surface area (Å²) in [6, 6.07) is 13.0. The van der Waals surface area contributed by atoms with E-state index in [0.717, 1.165) is 24.8 Å². The van der Waals surface area contributed by atoms with Crippen LogP contribution in [0.1, 0.15) is 50.3 Å². The van der Waals surface area contributed by atoms with E-state index in [4.69, 9.17) is 0 Å². The van der Waals surface area contributed by atoms with Crippen molar-refractivity contribution in [2.45, 2.75) is 56.9 Å². The molecule has 3 aliphatic rings. The molecule has 2 aromatic carbocycles. The Hall–Kier alpha value is -2.71. The molecule has 1 fully saturated rings. The Morgan fingerprint density at radius 1 is 1.09 bits per heavy atom. The molecule has 0 saturated carbocycles. The first kappa shape index (κ1) is 24.0. The second-order valence-electron chi connectivity index (χ2n) is 10.6. The highest BCUT2D eigenvalue weighted by Gasteiger charge is 2.45. The fourth-order valence-corrected chi connectivity index (χ4v) is 7.21. The van der Waals surface area contributed by atoms with Gasteiger partial charge in [0.15, 0.2) is 0 Å². The topological polar surface area (TPSA) is 78.0 Å². The number of fused-ring (bicyclic) bond motifs is 2. The predicted octanol–water partition coefficient (Wildman–Crippen LogP) is 3.32. The Labute approximate surface area is 207 Å². The van der Waals surface area contributed by atoms with E-state index in [0.29, 0.717) is 43.3 Å². The SMILES string of the molecule is CC1CCCN(S(=O)(=O)c2ccc3c(c2)C(C)(C)C(=O)N3CC(=O)N2CCc3ccccc3C2)C1. The number of hydrogen-bond acceptors (Lipinski definition) is 4. The minimum absolute atomic E-state index is 0.0484. The fraction of sp³-hybridized carbons (Fsp3) is 0.481. The van der Waals surface area contributed by atoms with E-state index in [1.54, 1.807) is 41.3 Å². The maximum absolute atomic E-state index is 13.4. The maximum Gasteiger partial charge on any atom is 0.243 e. The Bertz CT molecular complexity index is 1290. The van der Waals surface area contributed by atoms with Crippen molar-refractivity contribution >= 4 is 27.5 Å². The number of carbonyl (C=O) groups is 2. The van der Waals surface area contributed by atoms with E-state index in [1.165, 1.54) is 10.5 Å². The molecular weight excluding hydrogens is 462 g/mol. The van der Waals surface area contributed by atoms with E-state index in [-0.39, 0.29) is 23.3 Å². The van der Waals surface area contributed by atoms with Gasteiger partial charge in [0.05, 0.1) is 10.3 Å². The summed E-state index contributed by atoms with van der Waals surface area (Å²) in [5, 5.41) is 0. The summed E-state index contributed by atoms with van der Waals surface area (Å²) in [5.41, 5.74) is 2.77. The van der Waals surface area contributed by atoms with Crippen molar-refractivity contribution in [2.75, 3.05) is 31.1 Å². The molecule has 0 aromatic heterocycles. The van der Waals surface area contributed by atoms with Gasteiger partial charge >= 0.3 is 0 Å². The van der Waals surface area contributed by atoms with Crippen LogP contribution in [0.15, 0.2) is 47.4 Å². The standard InChI is InChI=1S/C27H33N3O4S/c1-19-7-6-13-29(16-19)35(33,34)22-10-11-24-23(15-22)27(2,3)26(32)30(24)18-25(31)28-14-12-20-8-4-5-9-21(20)17-28/h4-5,8-11,15,19H,6-7,12-14,16-18H2,1-3H3. The summed E-state index contributed by atoms with van der Waals surface area (Å²) < 4.78 is 28.3. The molecule has 7 nitrogen and oxygen atoms in total. The molecule has 2 aromatic rings. The lowest BCUT2D eigenvalue weighted by Gasteiger charge is -2.31. The number of sulfonamides is 1. The number of anilines is 1. The van der Waals surface area contributed by atoms with Gasteiger partial charge in [0, 0.05) is 31.9 Å². The Morgan fingerprint density at radius 3 is 2.57 bits per heavy atom. The lowest BCUT2D eigenvalue weighted by atomic mass is 9.86. The summed E-state index contributed by atoms with van der Waals surface area (Å²) in [7, 11) is -3.64. The summed E-state index contributed by atoms with van der Waals surface area (Å²) in [5.74, 6) is 0.0455. The Balaban J connectivity index is 1.40. The summed E-state index contributed by atoms with van der Waals surface area (Å²) in [4.78, 5) is 30.2. The molecule has 3 heterocycles. The van der Waals surface area contributed by atoms with E-state index in [1.807, 2.05) is 18.2 Å². The normalized spacial score (nSPS) is 22.1. The molecule has 3 aliphatic heterocycles. The molecule has 1 unspecified atom stereocenters. The minimum atomic E-state index is -3.64. The molecule has 1 atom stereocenters. The summed E-state index contributed by atoms with van der Waals surface area (Å²) in [6.07, 6.45) is 2.68. The number of rotatable bonds is 4. The van der Waals surface area contributed by atoms with E-state index >= 15 is 0 Å². The van der Waals surface area contributed by atoms with E-state index in [2.05, 4.69) is 13.0 Å². The second kappa shape index (κ2) is 8.75. The van der Waals surface area contributed by atoms with Crippen LogP contribution in [0.3, 0.4) is 0 Å². The number of hydrogen-bond donors (Lipinski definition) is 0. The molecule has 0 bridgehead atoms. The number of amides is 2. The van der Waals surface area contributed by atoms with Crippen LogP contribution >= 0.6 is 0 Å². The largest absolute Gasteiger partial charge is 0.336 e. The van der Waals surface area contributed by atoms with Crippen molar-refractivity contribution in [3.8, 4) is 0 Å². The van der Waals surface area contributed by atoms with Crippen LogP contribution < -0.4 is 4.90 Å². The van der Waals surface area contributed by atoms with Crippen LogP contribution in [0.4, 0.5) is 5.69 Å². The van der Waals surface area contributed by atoms with Gasteiger partial charge in [-0.05, 0) is 73.9 Å². The molecule has 0 spiro atoms. The zero-order valence-corrected chi connectivity index (χ0v) is 21.5. The third-order valence-electron chi connectivity index (χ3n) is 7.75. The highest BCUT2D eigenvalue weighted by atomic mass is 32.2. The average molecular weight is 496 g/mol. The maximum atomic E-state index is 13.4. The molecular formula is C27H33N3O4S. The highest BCUT2D eigenvalue weighted by molar-refractivity contribution is 7.89. The third kappa shape index (κ3) is 4.16. The number of piperidine rings is 1. The van der Waals surface area contributed by atoms with Crippen LogP contribution in [0, 0.1) is 5.92 Å². The van der Waals surface area contributed by atoms with Crippen molar-refractivity contribution in [3.63, 3.8) is 0 Å². The first-order valence-corrected chi connectivity index (χ1v) is 13.8. The van der Waals surface area contributed by atoms with E-state index < -0.39 is 15.4 Å². The van der Waals surface area contributed by atoms with Gasteiger partial charge in [0.1, 0.15) is 6.54 Å². The van der Waals surface area contributed by atoms with Gasteiger partial charge in [-0.25, -0.2) is 8.42 Å². The summed E-state index contributed by atoms with van der Waals surface area (Å²) >= 11 is 0. The van der Waals surface area contributed by atoms with Crippen LogP contribution in [0.25, 0.3) is 0 Å². The number of benzene rings is 2. The molecule has 8 heteroatoms. The van der Waals surface area contributed by atoms with Crippen LogP contribution in [0.5, 0.6) is 0 Å². The second-order valence-corrected chi connectivity index (χ2v) is 12.6. The third-order valence-corrected chi connectivity index (χ3v) is 9.61. The first-order valence-electron chi connectivity index (χ1n) is 12.4. The predicted molar refractivity (Wildman–Crippen MR) is 135 cm³/mol. The monoisotopic (exact) mass is 495 g/mol. The van der Waals surface area contributed by atoms with Gasteiger partial charge in [0.2, 0.25) is 21.8 Å². The van der Waals surface area contributed by atoms with Crippen molar-refractivity contribution in [1.82, 2.24) is 9.21 Å². The molecule has 0 N–H and O–H groups in total. The van der Waals surface area contributed by atoms with Gasteiger partial charge in [-0.15, -0.1) is 0 Å². The molecule has 0 radical (unpaired) electrons. The first-order chi connectivity index (χ1) is 16.6. The van der Waals surface area contributed by atoms with Gasteiger partial charge in [-0.3, -0.25) is 9.59 Å². The van der Waals surface area contributed by atoms with Crippen LogP contribution in [0.2, 0.25) is 0 Å². The van der Waals surface area contributed by atoms with Crippen LogP contribution in [-0.4, -0.2) is 55.6 Å². The van der Waals surface area contributed by atoms with Crippen molar-refractivity contribution in [1.29, 1.82) is 0 Å². The van der Waals surface area contributed by atoms with Crippen molar-refractivity contribution in [2.24, 2.45) is 5.92 Å². The molecule has 5 rings (SSSR count). The van der Waals surface area contributed by atoms with Crippen molar-refractivity contribution < 1.29 is 18.0 Å². The quantitative estimate of drug-likeness (QED) is 0.652. The summed E-state index contributed by atoms with van der Waals surface area (Å²) in [6.45, 7) is 7.82. The number of nitrogens with zero attached hydrogens (tertiary/aromatic N) is 3. The zero-order chi connectivity index (χ0) is 25.0. The van der Waals surface area contributed by atoms with Gasteiger partial charge < -0.3 is 9.80 Å². The van der Waals surface area contributed by atoms with E-state index in [9.17, 15) is 18.0 Å². The molecule has 1 saturated heterocycles. The van der Waals surface area contributed by atoms with Gasteiger partial charge in [0.25, 0.3) is 0 Å². The highest BCUT2D eigenvalue weighted by Crippen LogP contribution is 2.43. The smallest absolute Gasteiger partial charge is 0.243 e. The molecule has 186 valence electrons. The Morgan fingerprint density at radius 2 is 1.83 bits per heavy atom.